The molecule has 0 radical (unpaired) electrons. The van der Waals surface area contributed by atoms with E-state index in [4.69, 9.17) is 4.74 Å². The van der Waals surface area contributed by atoms with Gasteiger partial charge in [0.2, 0.25) is 0 Å². The highest BCUT2D eigenvalue weighted by atomic mass is 16.5. The number of piperidine rings is 1. The summed E-state index contributed by atoms with van der Waals surface area (Å²) in [5.74, 6) is -0.131. The second-order valence-electron chi connectivity index (χ2n) is 6.32. The van der Waals surface area contributed by atoms with Crippen molar-refractivity contribution < 1.29 is 24.2 Å². The lowest BCUT2D eigenvalue weighted by atomic mass is 10.0. The Morgan fingerprint density at radius 2 is 2.07 bits per heavy atom. The zero-order chi connectivity index (χ0) is 19.2. The van der Waals surface area contributed by atoms with Crippen molar-refractivity contribution >= 4 is 18.5 Å². The number of likely N-dealkylation sites (tertiary alicyclic amines) is 1. The first-order valence-electron chi connectivity index (χ1n) is 8.76. The first kappa shape index (κ1) is 18.6. The molecule has 27 heavy (non-hydrogen) atoms. The fraction of sp³-hybridized carbons (Fsp3) is 0.300. The summed E-state index contributed by atoms with van der Waals surface area (Å²) >= 11 is 0. The van der Waals surface area contributed by atoms with Crippen molar-refractivity contribution in [2.75, 3.05) is 13.2 Å². The number of carbonyl (C=O) groups excluding carboxylic acids is 3. The molecule has 0 bridgehead atoms. The molecule has 7 nitrogen and oxygen atoms in total. The molecule has 7 heteroatoms. The molecule has 0 spiro atoms. The number of phenolic OH excluding ortho intramolecular Hbond substituents is 1. The molecule has 2 heterocycles. The SMILES string of the molecule is O=Cc1ncccc1C(=O)N1CCCCC1COc1cccc(O)c1C=O. The summed E-state index contributed by atoms with van der Waals surface area (Å²) < 4.78 is 5.75. The number of hydrogen-bond donors (Lipinski definition) is 1. The lowest BCUT2D eigenvalue weighted by Gasteiger charge is -2.35. The van der Waals surface area contributed by atoms with E-state index >= 15 is 0 Å². The topological polar surface area (TPSA) is 96.8 Å². The minimum atomic E-state index is -0.259. The second-order valence-corrected chi connectivity index (χ2v) is 6.32. The third kappa shape index (κ3) is 3.97. The van der Waals surface area contributed by atoms with E-state index in [-0.39, 0.29) is 46.9 Å². The molecule has 140 valence electrons. The van der Waals surface area contributed by atoms with Gasteiger partial charge in [0.1, 0.15) is 23.8 Å². The predicted molar refractivity (Wildman–Crippen MR) is 97.3 cm³/mol. The van der Waals surface area contributed by atoms with Crippen LogP contribution in [0.4, 0.5) is 0 Å². The van der Waals surface area contributed by atoms with Crippen LogP contribution in [0.2, 0.25) is 0 Å². The molecular formula is C20H20N2O5. The number of benzene rings is 1. The number of hydrogen-bond acceptors (Lipinski definition) is 6. The maximum absolute atomic E-state index is 13.0. The summed E-state index contributed by atoms with van der Waals surface area (Å²) in [4.78, 5) is 41.0. The highest BCUT2D eigenvalue weighted by Gasteiger charge is 2.29. The third-order valence-corrected chi connectivity index (χ3v) is 4.66. The van der Waals surface area contributed by atoms with Gasteiger partial charge in [-0.2, -0.15) is 0 Å². The van der Waals surface area contributed by atoms with Gasteiger partial charge in [0.15, 0.2) is 12.6 Å². The normalized spacial score (nSPS) is 16.6. The van der Waals surface area contributed by atoms with Crippen molar-refractivity contribution in [1.82, 2.24) is 9.88 Å². The number of ether oxygens (including phenoxy) is 1. The van der Waals surface area contributed by atoms with Crippen LogP contribution in [0.25, 0.3) is 0 Å². The zero-order valence-corrected chi connectivity index (χ0v) is 14.7. The Labute approximate surface area is 156 Å². The number of phenols is 1. The molecule has 1 aromatic heterocycles. The van der Waals surface area contributed by atoms with Crippen molar-refractivity contribution in [2.24, 2.45) is 0 Å². The monoisotopic (exact) mass is 368 g/mol. The second kappa shape index (κ2) is 8.44. The van der Waals surface area contributed by atoms with E-state index in [1.54, 1.807) is 29.2 Å². The molecule has 1 fully saturated rings. The molecular weight excluding hydrogens is 348 g/mol. The summed E-state index contributed by atoms with van der Waals surface area (Å²) in [6.45, 7) is 0.743. The van der Waals surface area contributed by atoms with Gasteiger partial charge in [0, 0.05) is 12.7 Å². The Bertz CT molecular complexity index is 852. The molecule has 1 aliphatic rings. The maximum Gasteiger partial charge on any atom is 0.256 e. The van der Waals surface area contributed by atoms with Crippen molar-refractivity contribution in [3.63, 3.8) is 0 Å². The lowest BCUT2D eigenvalue weighted by molar-refractivity contribution is 0.0524. The van der Waals surface area contributed by atoms with Gasteiger partial charge in [0.25, 0.3) is 5.91 Å². The van der Waals surface area contributed by atoms with E-state index in [2.05, 4.69) is 4.98 Å². The molecule has 1 aromatic carbocycles. The number of aromatic nitrogens is 1. The van der Waals surface area contributed by atoms with Gasteiger partial charge in [-0.25, -0.2) is 0 Å². The number of pyridine rings is 1. The van der Waals surface area contributed by atoms with Crippen molar-refractivity contribution in [1.29, 1.82) is 0 Å². The molecule has 0 saturated carbocycles. The van der Waals surface area contributed by atoms with Crippen molar-refractivity contribution in [3.05, 3.63) is 53.3 Å². The van der Waals surface area contributed by atoms with Gasteiger partial charge in [-0.05, 0) is 43.5 Å². The molecule has 1 N–H and O–H groups in total. The van der Waals surface area contributed by atoms with E-state index < -0.39 is 0 Å². The van der Waals surface area contributed by atoms with Crippen LogP contribution in [-0.4, -0.2) is 52.7 Å². The molecule has 1 aliphatic heterocycles. The first-order chi connectivity index (χ1) is 13.2. The van der Waals surface area contributed by atoms with Crippen LogP contribution in [0.5, 0.6) is 11.5 Å². The Kier molecular flexibility index (Phi) is 5.80. The van der Waals surface area contributed by atoms with Crippen LogP contribution >= 0.6 is 0 Å². The fourth-order valence-corrected chi connectivity index (χ4v) is 3.25. The van der Waals surface area contributed by atoms with Gasteiger partial charge in [-0.1, -0.05) is 6.07 Å². The number of amides is 1. The Balaban J connectivity index is 1.78. The average molecular weight is 368 g/mol. The van der Waals surface area contributed by atoms with Crippen LogP contribution in [0.1, 0.15) is 50.5 Å². The van der Waals surface area contributed by atoms with Gasteiger partial charge in [-0.15, -0.1) is 0 Å². The summed E-state index contributed by atoms with van der Waals surface area (Å²) in [6, 6.07) is 7.62. The van der Waals surface area contributed by atoms with Gasteiger partial charge < -0.3 is 14.7 Å². The average Bonchev–Trinajstić information content (AvgIpc) is 2.72. The number of nitrogens with zero attached hydrogens (tertiary/aromatic N) is 2. The number of carbonyl (C=O) groups is 3. The van der Waals surface area contributed by atoms with Crippen molar-refractivity contribution in [3.8, 4) is 11.5 Å². The van der Waals surface area contributed by atoms with E-state index in [1.165, 1.54) is 12.3 Å². The van der Waals surface area contributed by atoms with Crippen LogP contribution < -0.4 is 4.74 Å². The summed E-state index contributed by atoms with van der Waals surface area (Å²) in [5.41, 5.74) is 0.469. The molecule has 1 unspecified atom stereocenters. The maximum atomic E-state index is 13.0. The standard InChI is InChI=1S/C20H20N2O5/c23-11-16-18(25)7-3-8-19(16)27-13-14-5-1-2-10-22(14)20(26)15-6-4-9-21-17(15)12-24/h3-4,6-9,11-12,14,25H,1-2,5,10,13H2. The number of rotatable bonds is 6. The minimum absolute atomic E-state index is 0.0849. The van der Waals surface area contributed by atoms with Crippen LogP contribution in [-0.2, 0) is 0 Å². The van der Waals surface area contributed by atoms with Gasteiger partial charge in [-0.3, -0.25) is 19.4 Å². The van der Waals surface area contributed by atoms with E-state index in [0.29, 0.717) is 19.1 Å². The van der Waals surface area contributed by atoms with Crippen LogP contribution in [0, 0.1) is 0 Å². The lowest BCUT2D eigenvalue weighted by Crippen LogP contribution is -2.47. The first-order valence-corrected chi connectivity index (χ1v) is 8.76. The van der Waals surface area contributed by atoms with Crippen LogP contribution in [0.15, 0.2) is 36.5 Å². The molecule has 2 aromatic rings. The van der Waals surface area contributed by atoms with E-state index in [9.17, 15) is 19.5 Å². The van der Waals surface area contributed by atoms with Gasteiger partial charge >= 0.3 is 0 Å². The number of aromatic hydroxyl groups is 1. The van der Waals surface area contributed by atoms with Crippen molar-refractivity contribution in [2.45, 2.75) is 25.3 Å². The van der Waals surface area contributed by atoms with Gasteiger partial charge in [0.05, 0.1) is 17.2 Å². The van der Waals surface area contributed by atoms with E-state index in [0.717, 1.165) is 19.3 Å². The fourth-order valence-electron chi connectivity index (χ4n) is 3.25. The number of aldehydes is 2. The summed E-state index contributed by atoms with van der Waals surface area (Å²) in [5, 5.41) is 9.76. The third-order valence-electron chi connectivity index (χ3n) is 4.66. The Morgan fingerprint density at radius 1 is 1.22 bits per heavy atom. The molecule has 1 atom stereocenters. The van der Waals surface area contributed by atoms with E-state index in [1.807, 2.05) is 0 Å². The predicted octanol–water partition coefficient (Wildman–Crippen LogP) is 2.49. The van der Waals surface area contributed by atoms with Crippen LogP contribution in [0.3, 0.4) is 0 Å². The quantitative estimate of drug-likeness (QED) is 0.787. The zero-order valence-electron chi connectivity index (χ0n) is 14.7. The molecule has 1 saturated heterocycles. The minimum Gasteiger partial charge on any atom is -0.507 e. The summed E-state index contributed by atoms with van der Waals surface area (Å²) in [6.07, 6.45) is 5.15. The summed E-state index contributed by atoms with van der Waals surface area (Å²) in [7, 11) is 0. The molecule has 1 amide bonds. The highest BCUT2D eigenvalue weighted by molar-refractivity contribution is 6.00. The molecule has 3 rings (SSSR count). The Morgan fingerprint density at radius 3 is 2.85 bits per heavy atom. The largest absolute Gasteiger partial charge is 0.507 e. The smallest absolute Gasteiger partial charge is 0.256 e. The Hall–Kier alpha value is -3.22. The highest BCUT2D eigenvalue weighted by Crippen LogP contribution is 2.27. The molecule has 0 aliphatic carbocycles.